The molecule has 1 aliphatic heterocycles. The number of hydrazine groups is 1. The number of nitrogens with one attached hydrogen (secondary N) is 1. The van der Waals surface area contributed by atoms with Crippen molar-refractivity contribution in [3.8, 4) is 0 Å². The monoisotopic (exact) mass is 144 g/mol. The van der Waals surface area contributed by atoms with Crippen molar-refractivity contribution in [2.45, 2.75) is 25.3 Å². The van der Waals surface area contributed by atoms with Crippen LogP contribution in [0.2, 0.25) is 0 Å². The first-order valence-electron chi connectivity index (χ1n) is 3.93. The lowest BCUT2D eigenvalue weighted by atomic mass is 10.1. The minimum absolute atomic E-state index is 0.279. The fourth-order valence-corrected chi connectivity index (χ4v) is 1.48. The van der Waals surface area contributed by atoms with Gasteiger partial charge in [-0.1, -0.05) is 6.42 Å². The van der Waals surface area contributed by atoms with E-state index in [1.807, 2.05) is 7.05 Å². The summed E-state index contributed by atoms with van der Waals surface area (Å²) in [4.78, 5) is 0. The lowest BCUT2D eigenvalue weighted by molar-refractivity contribution is 0.0549. The van der Waals surface area contributed by atoms with E-state index in [9.17, 15) is 0 Å². The summed E-state index contributed by atoms with van der Waals surface area (Å²) < 4.78 is 0. The third-order valence-electron chi connectivity index (χ3n) is 2.13. The smallest absolute Gasteiger partial charge is 0.0600 e. The van der Waals surface area contributed by atoms with Crippen LogP contribution in [-0.2, 0) is 0 Å². The summed E-state index contributed by atoms with van der Waals surface area (Å²) in [5.41, 5.74) is 3.08. The van der Waals surface area contributed by atoms with Gasteiger partial charge in [0.25, 0.3) is 0 Å². The van der Waals surface area contributed by atoms with Crippen molar-refractivity contribution in [1.29, 1.82) is 0 Å². The Morgan fingerprint density at radius 2 is 2.40 bits per heavy atom. The standard InChI is InChI=1S/C7H16N2O/c1-8-9-5-3-2-4-7(9)6-10/h7-8,10H,2-6H2,1H3. The topological polar surface area (TPSA) is 35.5 Å². The van der Waals surface area contributed by atoms with E-state index in [1.54, 1.807) is 0 Å². The number of nitrogens with zero attached hydrogens (tertiary/aromatic N) is 1. The Kier molecular flexibility index (Phi) is 3.12. The number of rotatable bonds is 2. The largest absolute Gasteiger partial charge is 0.395 e. The van der Waals surface area contributed by atoms with E-state index < -0.39 is 0 Å². The Labute approximate surface area is 62.0 Å². The van der Waals surface area contributed by atoms with Crippen LogP contribution in [0.3, 0.4) is 0 Å². The van der Waals surface area contributed by atoms with E-state index in [-0.39, 0.29) is 6.61 Å². The highest BCUT2D eigenvalue weighted by Crippen LogP contribution is 2.13. The average molecular weight is 144 g/mol. The highest BCUT2D eigenvalue weighted by Gasteiger charge is 2.19. The molecule has 1 heterocycles. The molecule has 1 saturated heterocycles. The Bertz CT molecular complexity index is 85.6. The second-order valence-electron chi connectivity index (χ2n) is 2.75. The molecule has 0 aromatic carbocycles. The normalized spacial score (nSPS) is 28.8. The zero-order valence-electron chi connectivity index (χ0n) is 6.51. The first-order valence-corrected chi connectivity index (χ1v) is 3.93. The molecule has 0 spiro atoms. The van der Waals surface area contributed by atoms with Crippen molar-refractivity contribution in [2.24, 2.45) is 0 Å². The summed E-state index contributed by atoms with van der Waals surface area (Å²) in [7, 11) is 1.91. The predicted octanol–water partition coefficient (Wildman–Crippen LogP) is -0.0324. The highest BCUT2D eigenvalue weighted by atomic mass is 16.3. The average Bonchev–Trinajstić information content (AvgIpc) is 2.04. The summed E-state index contributed by atoms with van der Waals surface area (Å²) >= 11 is 0. The van der Waals surface area contributed by atoms with Gasteiger partial charge in [0.05, 0.1) is 6.61 Å². The van der Waals surface area contributed by atoms with E-state index in [1.165, 1.54) is 12.8 Å². The van der Waals surface area contributed by atoms with Crippen molar-refractivity contribution in [3.63, 3.8) is 0 Å². The number of aliphatic hydroxyl groups excluding tert-OH is 1. The molecule has 60 valence electrons. The van der Waals surface area contributed by atoms with Crippen LogP contribution >= 0.6 is 0 Å². The van der Waals surface area contributed by atoms with Crippen molar-refractivity contribution >= 4 is 0 Å². The SMILES string of the molecule is CNN1CCCCC1CO. The molecule has 0 amide bonds. The van der Waals surface area contributed by atoms with Crippen LogP contribution in [0, 0.1) is 0 Å². The molecule has 10 heavy (non-hydrogen) atoms. The van der Waals surface area contributed by atoms with E-state index >= 15 is 0 Å². The Balaban J connectivity index is 2.34. The minimum atomic E-state index is 0.279. The quantitative estimate of drug-likeness (QED) is 0.571. The van der Waals surface area contributed by atoms with Gasteiger partial charge in [0, 0.05) is 12.6 Å². The zero-order chi connectivity index (χ0) is 7.40. The van der Waals surface area contributed by atoms with Crippen LogP contribution in [0.5, 0.6) is 0 Å². The van der Waals surface area contributed by atoms with Crippen molar-refractivity contribution in [1.82, 2.24) is 10.4 Å². The van der Waals surface area contributed by atoms with Gasteiger partial charge in [-0.05, 0) is 19.9 Å². The molecule has 0 aliphatic carbocycles. The third kappa shape index (κ3) is 1.68. The van der Waals surface area contributed by atoms with E-state index in [4.69, 9.17) is 5.11 Å². The van der Waals surface area contributed by atoms with Gasteiger partial charge in [0.2, 0.25) is 0 Å². The lowest BCUT2D eigenvalue weighted by Crippen LogP contribution is -2.48. The number of hydrogen-bond donors (Lipinski definition) is 2. The van der Waals surface area contributed by atoms with Crippen molar-refractivity contribution in [2.75, 3.05) is 20.2 Å². The van der Waals surface area contributed by atoms with E-state index in [0.29, 0.717) is 6.04 Å². The van der Waals surface area contributed by atoms with Crippen LogP contribution in [0.4, 0.5) is 0 Å². The molecule has 1 atom stereocenters. The van der Waals surface area contributed by atoms with Gasteiger partial charge >= 0.3 is 0 Å². The third-order valence-corrected chi connectivity index (χ3v) is 2.13. The molecule has 1 unspecified atom stereocenters. The molecule has 0 aromatic heterocycles. The molecule has 0 saturated carbocycles. The summed E-state index contributed by atoms with van der Waals surface area (Å²) in [5.74, 6) is 0. The minimum Gasteiger partial charge on any atom is -0.395 e. The molecule has 3 nitrogen and oxygen atoms in total. The van der Waals surface area contributed by atoms with Crippen LogP contribution < -0.4 is 5.43 Å². The Morgan fingerprint density at radius 3 is 2.90 bits per heavy atom. The molecule has 0 aromatic rings. The van der Waals surface area contributed by atoms with Crippen LogP contribution in [0.25, 0.3) is 0 Å². The van der Waals surface area contributed by atoms with Gasteiger partial charge in [0.1, 0.15) is 0 Å². The molecule has 0 radical (unpaired) electrons. The summed E-state index contributed by atoms with van der Waals surface area (Å²) in [6.07, 6.45) is 3.62. The van der Waals surface area contributed by atoms with Gasteiger partial charge in [-0.15, -0.1) is 0 Å². The molecular weight excluding hydrogens is 128 g/mol. The van der Waals surface area contributed by atoms with Gasteiger partial charge in [-0.2, -0.15) is 0 Å². The maximum atomic E-state index is 8.91. The highest BCUT2D eigenvalue weighted by molar-refractivity contribution is 4.72. The maximum Gasteiger partial charge on any atom is 0.0600 e. The van der Waals surface area contributed by atoms with Crippen molar-refractivity contribution < 1.29 is 5.11 Å². The maximum absolute atomic E-state index is 8.91. The van der Waals surface area contributed by atoms with Crippen LogP contribution in [0.15, 0.2) is 0 Å². The Hall–Kier alpha value is -0.120. The molecule has 1 fully saturated rings. The first kappa shape index (κ1) is 7.98. The van der Waals surface area contributed by atoms with Crippen molar-refractivity contribution in [3.05, 3.63) is 0 Å². The molecule has 1 aliphatic rings. The first-order chi connectivity index (χ1) is 4.88. The van der Waals surface area contributed by atoms with E-state index in [0.717, 1.165) is 13.0 Å². The molecule has 2 N–H and O–H groups in total. The molecule has 3 heteroatoms. The molecule has 0 bridgehead atoms. The zero-order valence-corrected chi connectivity index (χ0v) is 6.51. The summed E-state index contributed by atoms with van der Waals surface area (Å²) in [6.45, 7) is 1.35. The summed E-state index contributed by atoms with van der Waals surface area (Å²) in [6, 6.07) is 0.346. The second kappa shape index (κ2) is 3.91. The molecule has 1 rings (SSSR count). The van der Waals surface area contributed by atoms with Gasteiger partial charge in [0.15, 0.2) is 0 Å². The number of hydrogen-bond acceptors (Lipinski definition) is 3. The van der Waals surface area contributed by atoms with Crippen LogP contribution in [0.1, 0.15) is 19.3 Å². The predicted molar refractivity (Wildman–Crippen MR) is 40.5 cm³/mol. The lowest BCUT2D eigenvalue weighted by Gasteiger charge is -2.33. The van der Waals surface area contributed by atoms with E-state index in [2.05, 4.69) is 10.4 Å². The summed E-state index contributed by atoms with van der Waals surface area (Å²) in [5, 5.41) is 11.0. The van der Waals surface area contributed by atoms with Gasteiger partial charge < -0.3 is 5.11 Å². The van der Waals surface area contributed by atoms with Crippen LogP contribution in [-0.4, -0.2) is 36.4 Å². The molecular formula is C7H16N2O. The second-order valence-corrected chi connectivity index (χ2v) is 2.75. The Morgan fingerprint density at radius 1 is 1.60 bits per heavy atom. The van der Waals surface area contributed by atoms with Gasteiger partial charge in [-0.25, -0.2) is 5.01 Å². The number of aliphatic hydroxyl groups is 1. The van der Waals surface area contributed by atoms with Gasteiger partial charge in [-0.3, -0.25) is 5.43 Å². The fourth-order valence-electron chi connectivity index (χ4n) is 1.48. The number of piperidine rings is 1. The fraction of sp³-hybridized carbons (Fsp3) is 1.00.